The number of anilines is 1. The van der Waals surface area contributed by atoms with E-state index < -0.39 is 15.7 Å². The van der Waals surface area contributed by atoms with Crippen LogP contribution in [0, 0.1) is 19.7 Å². The average Bonchev–Trinajstić information content (AvgIpc) is 3.02. The van der Waals surface area contributed by atoms with Crippen molar-refractivity contribution in [2.75, 3.05) is 33.0 Å². The molecule has 1 N–H and O–H groups in total. The maximum Gasteiger partial charge on any atom is 0.214 e. The second-order valence-corrected chi connectivity index (χ2v) is 9.35. The van der Waals surface area contributed by atoms with E-state index in [0.29, 0.717) is 0 Å². The normalized spacial score (nSPS) is 12.1. The first-order valence-corrected chi connectivity index (χ1v) is 10.9. The fourth-order valence-electron chi connectivity index (χ4n) is 3.21. The average molecular weight is 440 g/mol. The van der Waals surface area contributed by atoms with Crippen molar-refractivity contribution in [1.29, 1.82) is 0 Å². The molecule has 7 nitrogen and oxygen atoms in total. The number of sulfone groups is 1. The van der Waals surface area contributed by atoms with E-state index in [-0.39, 0.29) is 26.3 Å². The summed E-state index contributed by atoms with van der Waals surface area (Å²) in [7, 11) is 1.52. The van der Waals surface area contributed by atoms with Gasteiger partial charge in [-0.1, -0.05) is 11.6 Å². The van der Waals surface area contributed by atoms with Crippen molar-refractivity contribution >= 4 is 32.9 Å². The molecule has 0 unspecified atom stereocenters. The van der Waals surface area contributed by atoms with Crippen LogP contribution in [0.4, 0.5) is 10.2 Å². The van der Waals surface area contributed by atoms with Crippen LogP contribution in [0.1, 0.15) is 17.0 Å². The minimum absolute atomic E-state index is 0.0620. The zero-order valence-electron chi connectivity index (χ0n) is 16.9. The molecule has 0 fully saturated rings. The van der Waals surface area contributed by atoms with Gasteiger partial charge in [0.15, 0.2) is 16.4 Å². The molecule has 2 heterocycles. The highest BCUT2D eigenvalue weighted by atomic mass is 35.5. The van der Waals surface area contributed by atoms with Gasteiger partial charge in [0.05, 0.1) is 9.92 Å². The summed E-state index contributed by atoms with van der Waals surface area (Å²) in [6.07, 6.45) is 0.762. The summed E-state index contributed by atoms with van der Waals surface area (Å²) in [6.45, 7) is 4.58. The maximum atomic E-state index is 13.5. The van der Waals surface area contributed by atoms with Crippen LogP contribution in [0.2, 0.25) is 5.02 Å². The van der Waals surface area contributed by atoms with Crippen molar-refractivity contribution in [3.63, 3.8) is 0 Å². The van der Waals surface area contributed by atoms with Gasteiger partial charge in [0, 0.05) is 25.0 Å². The van der Waals surface area contributed by atoms with E-state index in [9.17, 15) is 12.8 Å². The molecule has 0 aliphatic carbocycles. The third-order valence-electron chi connectivity index (χ3n) is 4.80. The Balaban J connectivity index is 2.26. The van der Waals surface area contributed by atoms with Gasteiger partial charge in [-0.2, -0.15) is 0 Å². The molecule has 0 bridgehead atoms. The zero-order chi connectivity index (χ0) is 21.5. The second-order valence-electron chi connectivity index (χ2n) is 7.06. The van der Waals surface area contributed by atoms with Gasteiger partial charge >= 0.3 is 0 Å². The van der Waals surface area contributed by atoms with E-state index >= 15 is 0 Å². The molecule has 3 aromatic rings. The summed E-state index contributed by atoms with van der Waals surface area (Å²) in [5.74, 6) is -0.514. The molecule has 3 rings (SSSR count). The molecule has 0 saturated heterocycles. The Morgan fingerprint density at radius 2 is 1.97 bits per heavy atom. The van der Waals surface area contributed by atoms with Crippen molar-refractivity contribution in [3.05, 3.63) is 46.0 Å². The molecular weight excluding hydrogens is 417 g/mol. The third kappa shape index (κ3) is 3.82. The van der Waals surface area contributed by atoms with Crippen molar-refractivity contribution in [3.8, 4) is 0 Å². The van der Waals surface area contributed by atoms with Crippen LogP contribution < -0.4 is 5.32 Å². The smallest absolute Gasteiger partial charge is 0.214 e. The highest BCUT2D eigenvalue weighted by Gasteiger charge is 2.30. The maximum absolute atomic E-state index is 13.5. The van der Waals surface area contributed by atoms with Crippen LogP contribution in [-0.4, -0.2) is 55.6 Å². The van der Waals surface area contributed by atoms with E-state index in [1.54, 1.807) is 11.6 Å². The summed E-state index contributed by atoms with van der Waals surface area (Å²) in [5.41, 5.74) is 2.81. The van der Waals surface area contributed by atoms with Crippen LogP contribution in [0.5, 0.6) is 0 Å². The number of hydrogen-bond donors (Lipinski definition) is 1. The summed E-state index contributed by atoms with van der Waals surface area (Å²) >= 11 is 5.81. The van der Waals surface area contributed by atoms with Gasteiger partial charge in [-0.15, -0.1) is 5.10 Å². The molecule has 0 atom stereocenters. The Kier molecular flexibility index (Phi) is 5.84. The third-order valence-corrected chi connectivity index (χ3v) is 6.88. The Hall–Kier alpha value is -2.23. The number of fused-ring (bicyclic) bond motifs is 1. The van der Waals surface area contributed by atoms with Crippen LogP contribution in [0.15, 0.2) is 28.0 Å². The van der Waals surface area contributed by atoms with Gasteiger partial charge in [0.2, 0.25) is 9.84 Å². The number of halogens is 2. The molecule has 10 heteroatoms. The quantitative estimate of drug-likeness (QED) is 0.594. The molecule has 0 radical (unpaired) electrons. The molecule has 0 amide bonds. The fourth-order valence-corrected chi connectivity index (χ4v) is 4.98. The van der Waals surface area contributed by atoms with Gasteiger partial charge in [0.1, 0.15) is 5.82 Å². The van der Waals surface area contributed by atoms with Gasteiger partial charge in [-0.05, 0) is 58.1 Å². The van der Waals surface area contributed by atoms with Crippen LogP contribution in [0.3, 0.4) is 0 Å². The second kappa shape index (κ2) is 7.89. The monoisotopic (exact) mass is 439 g/mol. The molecule has 0 spiro atoms. The minimum atomic E-state index is -4.04. The lowest BCUT2D eigenvalue weighted by molar-refractivity contribution is 0.412. The Labute approximate surface area is 174 Å². The summed E-state index contributed by atoms with van der Waals surface area (Å²) in [6, 6.07) is 3.31. The van der Waals surface area contributed by atoms with E-state index in [4.69, 9.17) is 11.6 Å². The molecule has 0 saturated carbocycles. The Morgan fingerprint density at radius 1 is 1.28 bits per heavy atom. The predicted octanol–water partition coefficient (Wildman–Crippen LogP) is 3.12. The zero-order valence-corrected chi connectivity index (χ0v) is 18.5. The Morgan fingerprint density at radius 3 is 2.55 bits per heavy atom. The number of aromatic nitrogens is 3. The SMILES string of the molecule is CNc1nn2c(C)c(CCN(C)C)c(C)nc2c1S(=O)(=O)c1ccc(F)c(Cl)c1. The molecule has 0 aliphatic rings. The van der Waals surface area contributed by atoms with Crippen molar-refractivity contribution in [2.45, 2.75) is 30.1 Å². The predicted molar refractivity (Wildman–Crippen MR) is 111 cm³/mol. The van der Waals surface area contributed by atoms with Crippen molar-refractivity contribution in [1.82, 2.24) is 19.5 Å². The number of aryl methyl sites for hydroxylation is 2. The first kappa shape index (κ1) is 21.5. The largest absolute Gasteiger partial charge is 0.370 e. The van der Waals surface area contributed by atoms with Crippen LogP contribution >= 0.6 is 11.6 Å². The summed E-state index contributed by atoms with van der Waals surface area (Å²) in [5, 5.41) is 7.01. The van der Waals surface area contributed by atoms with Gasteiger partial charge in [-0.25, -0.2) is 22.3 Å². The van der Waals surface area contributed by atoms with E-state index in [1.165, 1.54) is 6.07 Å². The van der Waals surface area contributed by atoms with Gasteiger partial charge < -0.3 is 10.2 Å². The Bertz CT molecular complexity index is 1190. The lowest BCUT2D eigenvalue weighted by Gasteiger charge is -2.14. The number of rotatable bonds is 6. The molecular formula is C19H23ClFN5O2S. The molecule has 0 aliphatic heterocycles. The van der Waals surface area contributed by atoms with E-state index in [1.807, 2.05) is 27.9 Å². The van der Waals surface area contributed by atoms with E-state index in [2.05, 4.69) is 20.3 Å². The number of benzene rings is 1. The molecule has 1 aromatic carbocycles. The van der Waals surface area contributed by atoms with Crippen molar-refractivity contribution in [2.24, 2.45) is 0 Å². The number of likely N-dealkylation sites (N-methyl/N-ethyl adjacent to an activating group) is 1. The molecule has 29 heavy (non-hydrogen) atoms. The topological polar surface area (TPSA) is 79.6 Å². The molecule has 2 aromatic heterocycles. The van der Waals surface area contributed by atoms with Gasteiger partial charge in [0.25, 0.3) is 0 Å². The lowest BCUT2D eigenvalue weighted by atomic mass is 10.1. The lowest BCUT2D eigenvalue weighted by Crippen LogP contribution is -2.17. The van der Waals surface area contributed by atoms with Crippen molar-refractivity contribution < 1.29 is 12.8 Å². The van der Waals surface area contributed by atoms with Crippen LogP contribution in [0.25, 0.3) is 5.65 Å². The van der Waals surface area contributed by atoms with E-state index in [0.717, 1.165) is 42.0 Å². The summed E-state index contributed by atoms with van der Waals surface area (Å²) in [4.78, 5) is 6.46. The fraction of sp³-hybridized carbons (Fsp3) is 0.368. The minimum Gasteiger partial charge on any atom is -0.370 e. The number of nitrogens with one attached hydrogen (secondary N) is 1. The van der Waals surface area contributed by atoms with Gasteiger partial charge in [-0.3, -0.25) is 0 Å². The molecule has 156 valence electrons. The highest BCUT2D eigenvalue weighted by molar-refractivity contribution is 7.91. The van der Waals surface area contributed by atoms with Crippen LogP contribution in [-0.2, 0) is 16.3 Å². The first-order chi connectivity index (χ1) is 13.6. The number of nitrogens with zero attached hydrogens (tertiary/aromatic N) is 4. The summed E-state index contributed by atoms with van der Waals surface area (Å²) < 4.78 is 41.8. The highest BCUT2D eigenvalue weighted by Crippen LogP contribution is 2.33. The number of hydrogen-bond acceptors (Lipinski definition) is 6. The standard InChI is InChI=1S/C19H23ClFN5O2S/c1-11-14(8-9-25(4)5)12(2)26-19(23-11)17(18(22-3)24-26)29(27,28)13-6-7-16(21)15(20)10-13/h6-7,10H,8-9H2,1-5H3,(H,22,24). The first-order valence-electron chi connectivity index (χ1n) is 8.99.